The molecule has 1 saturated heterocycles. The summed E-state index contributed by atoms with van der Waals surface area (Å²) in [6, 6.07) is 10.6. The second kappa shape index (κ2) is 7.95. The van der Waals surface area contributed by atoms with Gasteiger partial charge in [0.2, 0.25) is 5.91 Å². The molecule has 1 aromatic carbocycles. The molecule has 0 bridgehead atoms. The number of hydrogen-bond acceptors (Lipinski definition) is 3. The Labute approximate surface area is 138 Å². The first-order valence-corrected chi connectivity index (χ1v) is 7.96. The van der Waals surface area contributed by atoms with Crippen molar-refractivity contribution in [1.82, 2.24) is 10.6 Å². The molecular formula is C17H25ClN2O2. The maximum absolute atomic E-state index is 12.3. The summed E-state index contributed by atoms with van der Waals surface area (Å²) in [5.74, 6) is 0.0180. The zero-order valence-corrected chi connectivity index (χ0v) is 13.7. The molecule has 5 heteroatoms. The van der Waals surface area contributed by atoms with Crippen LogP contribution in [0.1, 0.15) is 31.2 Å². The van der Waals surface area contributed by atoms with Gasteiger partial charge in [-0.3, -0.25) is 4.79 Å². The minimum absolute atomic E-state index is 0. The van der Waals surface area contributed by atoms with Crippen molar-refractivity contribution in [3.63, 3.8) is 0 Å². The molecule has 1 unspecified atom stereocenters. The van der Waals surface area contributed by atoms with Gasteiger partial charge < -0.3 is 15.4 Å². The van der Waals surface area contributed by atoms with Crippen molar-refractivity contribution in [2.45, 2.75) is 37.2 Å². The van der Waals surface area contributed by atoms with Crippen LogP contribution in [0.25, 0.3) is 0 Å². The SMILES string of the molecule is Cl.O=C(NCC1(c2ccccc2)CCCC1)C1CNCCO1. The fourth-order valence-electron chi connectivity index (χ4n) is 3.51. The number of morpholine rings is 1. The highest BCUT2D eigenvalue weighted by Gasteiger charge is 2.36. The first kappa shape index (κ1) is 17.3. The topological polar surface area (TPSA) is 50.4 Å². The van der Waals surface area contributed by atoms with Crippen molar-refractivity contribution < 1.29 is 9.53 Å². The molecule has 3 rings (SSSR count). The molecule has 1 atom stereocenters. The van der Waals surface area contributed by atoms with Crippen LogP contribution in [-0.4, -0.2) is 38.3 Å². The summed E-state index contributed by atoms with van der Waals surface area (Å²) in [5, 5.41) is 6.33. The Balaban J connectivity index is 0.00000176. The molecule has 2 N–H and O–H groups in total. The van der Waals surface area contributed by atoms with Crippen molar-refractivity contribution in [3.05, 3.63) is 35.9 Å². The lowest BCUT2D eigenvalue weighted by Gasteiger charge is -2.31. The van der Waals surface area contributed by atoms with E-state index in [9.17, 15) is 4.79 Å². The van der Waals surface area contributed by atoms with E-state index in [1.807, 2.05) is 6.07 Å². The standard InChI is InChI=1S/C17H24N2O2.ClH/c20-16(15-12-18-10-11-21-15)19-13-17(8-4-5-9-17)14-6-2-1-3-7-14;/h1-3,6-7,15,18H,4-5,8-13H2,(H,19,20);1H. The van der Waals surface area contributed by atoms with Crippen LogP contribution in [0.4, 0.5) is 0 Å². The Morgan fingerprint density at radius 2 is 2.00 bits per heavy atom. The normalized spacial score (nSPS) is 23.5. The molecule has 1 saturated carbocycles. The van der Waals surface area contributed by atoms with Crippen LogP contribution in [0, 0.1) is 0 Å². The van der Waals surface area contributed by atoms with Gasteiger partial charge in [0, 0.05) is 25.0 Å². The predicted molar refractivity (Wildman–Crippen MR) is 89.5 cm³/mol. The number of carbonyl (C=O) groups is 1. The van der Waals surface area contributed by atoms with Gasteiger partial charge in [0.05, 0.1) is 6.61 Å². The van der Waals surface area contributed by atoms with Crippen molar-refractivity contribution in [2.24, 2.45) is 0 Å². The molecule has 1 amide bonds. The van der Waals surface area contributed by atoms with Crippen LogP contribution in [-0.2, 0) is 14.9 Å². The summed E-state index contributed by atoms with van der Waals surface area (Å²) in [5.41, 5.74) is 1.46. The number of carbonyl (C=O) groups excluding carboxylic acids is 1. The van der Waals surface area contributed by atoms with E-state index in [4.69, 9.17) is 4.74 Å². The van der Waals surface area contributed by atoms with Crippen LogP contribution < -0.4 is 10.6 Å². The van der Waals surface area contributed by atoms with E-state index in [1.54, 1.807) is 0 Å². The van der Waals surface area contributed by atoms with Crippen LogP contribution in [0.15, 0.2) is 30.3 Å². The van der Waals surface area contributed by atoms with Gasteiger partial charge in [-0.25, -0.2) is 0 Å². The molecule has 1 aliphatic heterocycles. The number of amides is 1. The third-order valence-electron chi connectivity index (χ3n) is 4.77. The number of rotatable bonds is 4. The van der Waals surface area contributed by atoms with Crippen LogP contribution in [0.2, 0.25) is 0 Å². The first-order valence-electron chi connectivity index (χ1n) is 7.96. The molecule has 2 aliphatic rings. The average Bonchev–Trinajstić information content (AvgIpc) is 3.04. The fraction of sp³-hybridized carbons (Fsp3) is 0.588. The van der Waals surface area contributed by atoms with E-state index in [0.29, 0.717) is 13.2 Å². The van der Waals surface area contributed by atoms with Crippen LogP contribution in [0.5, 0.6) is 0 Å². The van der Waals surface area contributed by atoms with Crippen molar-refractivity contribution in [1.29, 1.82) is 0 Å². The predicted octanol–water partition coefficient (Wildman–Crippen LogP) is 2.02. The molecule has 0 aromatic heterocycles. The molecule has 0 radical (unpaired) electrons. The molecule has 1 aromatic rings. The van der Waals surface area contributed by atoms with E-state index in [1.165, 1.54) is 18.4 Å². The third kappa shape index (κ3) is 3.80. The lowest BCUT2D eigenvalue weighted by molar-refractivity contribution is -0.134. The van der Waals surface area contributed by atoms with E-state index >= 15 is 0 Å². The number of nitrogens with one attached hydrogen (secondary N) is 2. The van der Waals surface area contributed by atoms with Crippen LogP contribution in [0.3, 0.4) is 0 Å². The lowest BCUT2D eigenvalue weighted by Crippen LogP contribution is -2.50. The maximum Gasteiger partial charge on any atom is 0.250 e. The molecule has 22 heavy (non-hydrogen) atoms. The van der Waals surface area contributed by atoms with Gasteiger partial charge in [-0.05, 0) is 18.4 Å². The third-order valence-corrected chi connectivity index (χ3v) is 4.77. The second-order valence-electron chi connectivity index (χ2n) is 6.13. The Hall–Kier alpha value is -1.10. The van der Waals surface area contributed by atoms with Crippen molar-refractivity contribution in [2.75, 3.05) is 26.2 Å². The molecule has 1 aliphatic carbocycles. The minimum Gasteiger partial charge on any atom is -0.366 e. The Morgan fingerprint density at radius 3 is 2.64 bits per heavy atom. The zero-order valence-electron chi connectivity index (χ0n) is 12.8. The average molecular weight is 325 g/mol. The van der Waals surface area contributed by atoms with Crippen molar-refractivity contribution >= 4 is 18.3 Å². The Kier molecular flexibility index (Phi) is 6.24. The van der Waals surface area contributed by atoms with Gasteiger partial charge in [0.15, 0.2) is 0 Å². The first-order chi connectivity index (χ1) is 10.3. The summed E-state index contributed by atoms with van der Waals surface area (Å²) >= 11 is 0. The van der Waals surface area contributed by atoms with Crippen LogP contribution >= 0.6 is 12.4 Å². The Bertz CT molecular complexity index is 469. The highest BCUT2D eigenvalue weighted by Crippen LogP contribution is 2.40. The minimum atomic E-state index is -0.340. The number of ether oxygens (including phenoxy) is 1. The molecule has 4 nitrogen and oxygen atoms in total. The molecule has 2 fully saturated rings. The summed E-state index contributed by atoms with van der Waals surface area (Å²) in [4.78, 5) is 12.3. The van der Waals surface area contributed by atoms with E-state index in [2.05, 4.69) is 34.9 Å². The number of hydrogen-bond donors (Lipinski definition) is 2. The molecule has 1 heterocycles. The van der Waals surface area contributed by atoms with Gasteiger partial charge in [0.25, 0.3) is 0 Å². The van der Waals surface area contributed by atoms with E-state index in [0.717, 1.165) is 25.9 Å². The summed E-state index contributed by atoms with van der Waals surface area (Å²) in [6.45, 7) is 2.78. The van der Waals surface area contributed by atoms with Crippen molar-refractivity contribution in [3.8, 4) is 0 Å². The number of halogens is 1. The largest absolute Gasteiger partial charge is 0.366 e. The Morgan fingerprint density at radius 1 is 1.27 bits per heavy atom. The summed E-state index contributed by atoms with van der Waals surface area (Å²) in [6.07, 6.45) is 4.45. The lowest BCUT2D eigenvalue weighted by atomic mass is 9.79. The monoisotopic (exact) mass is 324 g/mol. The smallest absolute Gasteiger partial charge is 0.250 e. The van der Waals surface area contributed by atoms with Gasteiger partial charge >= 0.3 is 0 Å². The summed E-state index contributed by atoms with van der Waals surface area (Å²) in [7, 11) is 0. The second-order valence-corrected chi connectivity index (χ2v) is 6.13. The number of benzene rings is 1. The van der Waals surface area contributed by atoms with Gasteiger partial charge in [-0.2, -0.15) is 0 Å². The fourth-order valence-corrected chi connectivity index (χ4v) is 3.51. The van der Waals surface area contributed by atoms with Gasteiger partial charge in [-0.15, -0.1) is 12.4 Å². The summed E-state index contributed by atoms with van der Waals surface area (Å²) < 4.78 is 5.52. The molecule has 122 valence electrons. The zero-order chi connectivity index (χ0) is 14.5. The highest BCUT2D eigenvalue weighted by atomic mass is 35.5. The highest BCUT2D eigenvalue weighted by molar-refractivity contribution is 5.85. The van der Waals surface area contributed by atoms with Gasteiger partial charge in [-0.1, -0.05) is 43.2 Å². The quantitative estimate of drug-likeness (QED) is 0.891. The van der Waals surface area contributed by atoms with E-state index < -0.39 is 0 Å². The molecular weight excluding hydrogens is 300 g/mol. The van der Waals surface area contributed by atoms with E-state index in [-0.39, 0.29) is 29.8 Å². The maximum atomic E-state index is 12.3. The molecule has 0 spiro atoms. The van der Waals surface area contributed by atoms with Gasteiger partial charge in [0.1, 0.15) is 6.10 Å².